The van der Waals surface area contributed by atoms with E-state index in [4.69, 9.17) is 9.47 Å². The number of rotatable bonds is 5. The van der Waals surface area contributed by atoms with Gasteiger partial charge in [-0.3, -0.25) is 4.79 Å². The summed E-state index contributed by atoms with van der Waals surface area (Å²) >= 11 is 0. The lowest BCUT2D eigenvalue weighted by atomic mass is 10.1. The third-order valence-corrected chi connectivity index (χ3v) is 1.99. The second-order valence-electron chi connectivity index (χ2n) is 3.36. The molecule has 0 spiro atoms. The zero-order valence-electron chi connectivity index (χ0n) is 9.82. The molecule has 3 nitrogen and oxygen atoms in total. The van der Waals surface area contributed by atoms with Crippen molar-refractivity contribution >= 4 is 5.78 Å². The minimum atomic E-state index is 0.0487. The van der Waals surface area contributed by atoms with Gasteiger partial charge < -0.3 is 9.47 Å². The molecular formula is C13H16O3. The highest BCUT2D eigenvalue weighted by molar-refractivity contribution is 5.94. The summed E-state index contributed by atoms with van der Waals surface area (Å²) in [5.74, 6) is 1.45. The molecule has 0 fully saturated rings. The summed E-state index contributed by atoms with van der Waals surface area (Å²) in [4.78, 5) is 11.0. The highest BCUT2D eigenvalue weighted by Gasteiger charge is 1.98. The number of hydrogen-bond acceptors (Lipinski definition) is 3. The summed E-state index contributed by atoms with van der Waals surface area (Å²) in [6.45, 7) is 5.90. The van der Waals surface area contributed by atoms with Crippen LogP contribution in [0.1, 0.15) is 31.1 Å². The van der Waals surface area contributed by atoms with Gasteiger partial charge in [0.15, 0.2) is 5.78 Å². The van der Waals surface area contributed by atoms with Crippen molar-refractivity contribution in [1.82, 2.24) is 0 Å². The molecule has 0 atom stereocenters. The predicted molar refractivity (Wildman–Crippen MR) is 62.5 cm³/mol. The topological polar surface area (TPSA) is 35.5 Å². The Kier molecular flexibility index (Phi) is 4.58. The monoisotopic (exact) mass is 220 g/mol. The SMILES string of the molecule is CCO/C(C)=C/Oc1ccc(C(C)=O)cc1. The summed E-state index contributed by atoms with van der Waals surface area (Å²) < 4.78 is 10.6. The average Bonchev–Trinajstić information content (AvgIpc) is 2.27. The van der Waals surface area contributed by atoms with E-state index in [1.54, 1.807) is 30.5 Å². The Morgan fingerprint density at radius 1 is 1.25 bits per heavy atom. The number of allylic oxidation sites excluding steroid dienone is 1. The first-order valence-corrected chi connectivity index (χ1v) is 5.20. The van der Waals surface area contributed by atoms with Crippen LogP contribution in [0, 0.1) is 0 Å². The van der Waals surface area contributed by atoms with Gasteiger partial charge in [0.25, 0.3) is 0 Å². The molecule has 0 bridgehead atoms. The smallest absolute Gasteiger partial charge is 0.159 e. The lowest BCUT2D eigenvalue weighted by Crippen LogP contribution is -1.93. The van der Waals surface area contributed by atoms with Crippen LogP contribution < -0.4 is 4.74 Å². The fourth-order valence-corrected chi connectivity index (χ4v) is 1.18. The van der Waals surface area contributed by atoms with E-state index in [-0.39, 0.29) is 5.78 Å². The number of carbonyl (C=O) groups is 1. The van der Waals surface area contributed by atoms with Crippen LogP contribution in [0.4, 0.5) is 0 Å². The molecule has 0 saturated carbocycles. The first-order valence-electron chi connectivity index (χ1n) is 5.20. The molecule has 3 heteroatoms. The van der Waals surface area contributed by atoms with Crippen molar-refractivity contribution < 1.29 is 14.3 Å². The van der Waals surface area contributed by atoms with E-state index in [1.807, 2.05) is 13.8 Å². The number of ether oxygens (including phenoxy) is 2. The predicted octanol–water partition coefficient (Wildman–Crippen LogP) is 3.17. The lowest BCUT2D eigenvalue weighted by molar-refractivity contribution is 0.101. The Morgan fingerprint density at radius 2 is 1.88 bits per heavy atom. The molecule has 1 aromatic rings. The van der Waals surface area contributed by atoms with E-state index in [2.05, 4.69) is 0 Å². The summed E-state index contributed by atoms with van der Waals surface area (Å²) in [6, 6.07) is 6.99. The molecule has 0 unspecified atom stereocenters. The maximum atomic E-state index is 11.0. The molecule has 0 heterocycles. The third-order valence-electron chi connectivity index (χ3n) is 1.99. The fraction of sp³-hybridized carbons (Fsp3) is 0.308. The van der Waals surface area contributed by atoms with Gasteiger partial charge >= 0.3 is 0 Å². The van der Waals surface area contributed by atoms with Crippen LogP contribution in [-0.2, 0) is 4.74 Å². The van der Waals surface area contributed by atoms with Gasteiger partial charge in [0.05, 0.1) is 6.61 Å². The molecular weight excluding hydrogens is 204 g/mol. The lowest BCUT2D eigenvalue weighted by Gasteiger charge is -2.04. The van der Waals surface area contributed by atoms with Gasteiger partial charge in [-0.25, -0.2) is 0 Å². The van der Waals surface area contributed by atoms with E-state index < -0.39 is 0 Å². The normalized spacial score (nSPS) is 11.1. The van der Waals surface area contributed by atoms with E-state index in [1.165, 1.54) is 6.92 Å². The standard InChI is InChI=1S/C13H16O3/c1-4-15-10(2)9-16-13-7-5-12(6-8-13)11(3)14/h5-9H,4H2,1-3H3/b10-9+. The highest BCUT2D eigenvalue weighted by atomic mass is 16.5. The van der Waals surface area contributed by atoms with Gasteiger partial charge in [-0.1, -0.05) is 0 Å². The van der Waals surface area contributed by atoms with Crippen LogP contribution in [0.15, 0.2) is 36.3 Å². The second-order valence-corrected chi connectivity index (χ2v) is 3.36. The zero-order valence-corrected chi connectivity index (χ0v) is 9.82. The van der Waals surface area contributed by atoms with Crippen molar-refractivity contribution in [3.05, 3.63) is 41.9 Å². The van der Waals surface area contributed by atoms with Crippen LogP contribution in [-0.4, -0.2) is 12.4 Å². The highest BCUT2D eigenvalue weighted by Crippen LogP contribution is 2.13. The molecule has 0 aromatic heterocycles. The van der Waals surface area contributed by atoms with Gasteiger partial charge in [-0.15, -0.1) is 0 Å². The fourth-order valence-electron chi connectivity index (χ4n) is 1.18. The molecule has 86 valence electrons. The summed E-state index contributed by atoms with van der Waals surface area (Å²) in [6.07, 6.45) is 1.55. The molecule has 0 aliphatic rings. The van der Waals surface area contributed by atoms with Gasteiger partial charge in [-0.05, 0) is 45.0 Å². The Labute approximate surface area is 95.7 Å². The number of hydrogen-bond donors (Lipinski definition) is 0. The van der Waals surface area contributed by atoms with Crippen LogP contribution in [0.25, 0.3) is 0 Å². The molecule has 0 amide bonds. The Hall–Kier alpha value is -1.77. The van der Waals surface area contributed by atoms with E-state index >= 15 is 0 Å². The zero-order chi connectivity index (χ0) is 12.0. The first-order chi connectivity index (χ1) is 7.63. The van der Waals surface area contributed by atoms with Crippen molar-refractivity contribution in [2.75, 3.05) is 6.61 Å². The van der Waals surface area contributed by atoms with Crippen molar-refractivity contribution in [2.24, 2.45) is 0 Å². The largest absolute Gasteiger partial charge is 0.495 e. The number of benzene rings is 1. The molecule has 0 saturated heterocycles. The van der Waals surface area contributed by atoms with Crippen molar-refractivity contribution in [2.45, 2.75) is 20.8 Å². The minimum Gasteiger partial charge on any atom is -0.495 e. The molecule has 0 radical (unpaired) electrons. The third kappa shape index (κ3) is 3.77. The number of ketones is 1. The van der Waals surface area contributed by atoms with Gasteiger partial charge in [0.2, 0.25) is 0 Å². The summed E-state index contributed by atoms with van der Waals surface area (Å²) in [7, 11) is 0. The molecule has 0 N–H and O–H groups in total. The van der Waals surface area contributed by atoms with Crippen molar-refractivity contribution in [3.63, 3.8) is 0 Å². The van der Waals surface area contributed by atoms with E-state index in [9.17, 15) is 4.79 Å². The van der Waals surface area contributed by atoms with Gasteiger partial charge in [0.1, 0.15) is 17.8 Å². The van der Waals surface area contributed by atoms with E-state index in [0.717, 1.165) is 5.76 Å². The Morgan fingerprint density at radius 3 is 2.38 bits per heavy atom. The summed E-state index contributed by atoms with van der Waals surface area (Å²) in [5.41, 5.74) is 0.679. The van der Waals surface area contributed by atoms with Crippen LogP contribution in [0.2, 0.25) is 0 Å². The molecule has 1 aromatic carbocycles. The van der Waals surface area contributed by atoms with Crippen LogP contribution in [0.5, 0.6) is 5.75 Å². The molecule has 0 aliphatic heterocycles. The molecule has 16 heavy (non-hydrogen) atoms. The first kappa shape index (κ1) is 12.3. The maximum Gasteiger partial charge on any atom is 0.159 e. The minimum absolute atomic E-state index is 0.0487. The number of carbonyl (C=O) groups excluding carboxylic acids is 1. The van der Waals surface area contributed by atoms with Crippen LogP contribution in [0.3, 0.4) is 0 Å². The number of Topliss-reactive ketones (excluding diaryl/α,β-unsaturated/α-hetero) is 1. The van der Waals surface area contributed by atoms with Crippen molar-refractivity contribution in [1.29, 1.82) is 0 Å². The quantitative estimate of drug-likeness (QED) is 0.564. The second kappa shape index (κ2) is 5.95. The van der Waals surface area contributed by atoms with Crippen molar-refractivity contribution in [3.8, 4) is 5.75 Å². The Balaban J connectivity index is 2.62. The maximum absolute atomic E-state index is 11.0. The van der Waals surface area contributed by atoms with Gasteiger partial charge in [0, 0.05) is 5.56 Å². The van der Waals surface area contributed by atoms with Crippen LogP contribution >= 0.6 is 0 Å². The molecule has 0 aliphatic carbocycles. The Bertz CT molecular complexity index is 377. The van der Waals surface area contributed by atoms with Gasteiger partial charge in [-0.2, -0.15) is 0 Å². The summed E-state index contributed by atoms with van der Waals surface area (Å²) in [5, 5.41) is 0. The molecule has 1 rings (SSSR count). The average molecular weight is 220 g/mol. The van der Waals surface area contributed by atoms with E-state index in [0.29, 0.717) is 17.9 Å².